The summed E-state index contributed by atoms with van der Waals surface area (Å²) < 4.78 is 39.9. The monoisotopic (exact) mass is 183 g/mol. The third-order valence-corrected chi connectivity index (χ3v) is 1.61. The average molecular weight is 183 g/mol. The summed E-state index contributed by atoms with van der Waals surface area (Å²) in [7, 11) is 0. The largest absolute Gasteiger partial charge is 0.444 e. The zero-order chi connectivity index (χ0) is 9.35. The molecule has 0 spiro atoms. The number of amides is 1. The predicted molar refractivity (Wildman–Crippen MR) is 33.5 cm³/mol. The Balaban J connectivity index is 2.48. The van der Waals surface area contributed by atoms with Crippen molar-refractivity contribution < 1.29 is 22.7 Å². The molecule has 70 valence electrons. The molecule has 12 heavy (non-hydrogen) atoms. The quantitative estimate of drug-likeness (QED) is 0.667. The van der Waals surface area contributed by atoms with Crippen molar-refractivity contribution in [2.24, 2.45) is 0 Å². The van der Waals surface area contributed by atoms with E-state index in [1.165, 1.54) is 6.92 Å². The second-order valence-electron chi connectivity index (χ2n) is 2.68. The van der Waals surface area contributed by atoms with Crippen LogP contribution in [-0.2, 0) is 4.74 Å². The molecule has 1 aliphatic rings. The van der Waals surface area contributed by atoms with E-state index >= 15 is 0 Å². The number of carbonyl (C=O) groups is 1. The van der Waals surface area contributed by atoms with Crippen molar-refractivity contribution >= 4 is 6.09 Å². The van der Waals surface area contributed by atoms with Gasteiger partial charge in [0.15, 0.2) is 0 Å². The Bertz CT molecular complexity index is 192. The third kappa shape index (κ3) is 2.28. The number of hydrogen-bond acceptors (Lipinski definition) is 2. The lowest BCUT2D eigenvalue weighted by Crippen LogP contribution is -2.34. The van der Waals surface area contributed by atoms with E-state index < -0.39 is 30.8 Å². The number of alkyl carbamates (subject to hydrolysis) is 1. The molecule has 1 N–H and O–H groups in total. The highest BCUT2D eigenvalue weighted by Gasteiger charge is 2.40. The van der Waals surface area contributed by atoms with Crippen LogP contribution in [0.4, 0.5) is 18.0 Å². The molecule has 1 amide bonds. The zero-order valence-corrected chi connectivity index (χ0v) is 6.31. The fourth-order valence-electron chi connectivity index (χ4n) is 1.02. The van der Waals surface area contributed by atoms with Crippen molar-refractivity contribution in [2.45, 2.75) is 31.7 Å². The van der Waals surface area contributed by atoms with Gasteiger partial charge in [-0.05, 0) is 6.92 Å². The Hall–Kier alpha value is -0.940. The summed E-state index contributed by atoms with van der Waals surface area (Å²) in [5.41, 5.74) is 0. The molecule has 0 bridgehead atoms. The molecule has 0 aliphatic carbocycles. The standard InChI is InChI=1S/C6H8F3NO2/c1-3-4(2-6(7,8)9)10-5(11)12-3/h3-4H,2H2,1H3,(H,10,11). The van der Waals surface area contributed by atoms with E-state index in [9.17, 15) is 18.0 Å². The van der Waals surface area contributed by atoms with Crippen LogP contribution in [0.5, 0.6) is 0 Å². The molecule has 6 heteroatoms. The molecule has 3 nitrogen and oxygen atoms in total. The van der Waals surface area contributed by atoms with Gasteiger partial charge in [-0.2, -0.15) is 13.2 Å². The number of nitrogens with one attached hydrogen (secondary N) is 1. The van der Waals surface area contributed by atoms with Crippen LogP contribution in [0.2, 0.25) is 0 Å². The Morgan fingerprint density at radius 2 is 2.17 bits per heavy atom. The average Bonchev–Trinajstić information content (AvgIpc) is 2.06. The lowest BCUT2D eigenvalue weighted by molar-refractivity contribution is -0.141. The van der Waals surface area contributed by atoms with Crippen LogP contribution < -0.4 is 5.32 Å². The van der Waals surface area contributed by atoms with Gasteiger partial charge < -0.3 is 10.1 Å². The number of cyclic esters (lactones) is 1. The first kappa shape index (κ1) is 9.15. The van der Waals surface area contributed by atoms with Crippen LogP contribution in [0, 0.1) is 0 Å². The minimum Gasteiger partial charge on any atom is -0.444 e. The first-order chi connectivity index (χ1) is 5.38. The van der Waals surface area contributed by atoms with Crippen molar-refractivity contribution in [2.75, 3.05) is 0 Å². The molecule has 0 radical (unpaired) electrons. The molecule has 1 saturated heterocycles. The number of hydrogen-bond donors (Lipinski definition) is 1. The molecular formula is C6H8F3NO2. The maximum absolute atomic E-state index is 11.8. The van der Waals surface area contributed by atoms with Crippen LogP contribution in [0.3, 0.4) is 0 Å². The van der Waals surface area contributed by atoms with Crippen LogP contribution in [0.15, 0.2) is 0 Å². The normalized spacial score (nSPS) is 29.8. The van der Waals surface area contributed by atoms with E-state index in [1.807, 2.05) is 0 Å². The van der Waals surface area contributed by atoms with Crippen molar-refractivity contribution in [3.63, 3.8) is 0 Å². The number of carbonyl (C=O) groups excluding carboxylic acids is 1. The van der Waals surface area contributed by atoms with Gasteiger partial charge in [-0.1, -0.05) is 0 Å². The molecule has 2 unspecified atom stereocenters. The fourth-order valence-corrected chi connectivity index (χ4v) is 1.02. The molecule has 0 aromatic rings. The van der Waals surface area contributed by atoms with Crippen molar-refractivity contribution in [1.29, 1.82) is 0 Å². The highest BCUT2D eigenvalue weighted by Crippen LogP contribution is 2.25. The van der Waals surface area contributed by atoms with Crippen molar-refractivity contribution in [1.82, 2.24) is 5.32 Å². The molecule has 0 aromatic carbocycles. The van der Waals surface area contributed by atoms with Crippen molar-refractivity contribution in [3.05, 3.63) is 0 Å². The lowest BCUT2D eigenvalue weighted by Gasteiger charge is -2.14. The van der Waals surface area contributed by atoms with Gasteiger partial charge in [0.1, 0.15) is 6.10 Å². The fraction of sp³-hybridized carbons (Fsp3) is 0.833. The van der Waals surface area contributed by atoms with Gasteiger partial charge in [-0.25, -0.2) is 4.79 Å². The number of halogens is 3. The molecule has 0 saturated carbocycles. The minimum atomic E-state index is -4.26. The van der Waals surface area contributed by atoms with Crippen LogP contribution in [0.25, 0.3) is 0 Å². The summed E-state index contributed by atoms with van der Waals surface area (Å²) in [5.74, 6) is 0. The van der Waals surface area contributed by atoms with Gasteiger partial charge in [0.2, 0.25) is 0 Å². The molecule has 1 rings (SSSR count). The second-order valence-corrected chi connectivity index (χ2v) is 2.68. The first-order valence-corrected chi connectivity index (χ1v) is 3.42. The minimum absolute atomic E-state index is 0.709. The van der Waals surface area contributed by atoms with Gasteiger partial charge in [-0.15, -0.1) is 0 Å². The summed E-state index contributed by atoms with van der Waals surface area (Å²) in [4.78, 5) is 10.4. The van der Waals surface area contributed by atoms with Gasteiger partial charge in [0.25, 0.3) is 0 Å². The molecule has 1 fully saturated rings. The molecular weight excluding hydrogens is 175 g/mol. The van der Waals surface area contributed by atoms with Crippen LogP contribution in [-0.4, -0.2) is 24.4 Å². The third-order valence-electron chi connectivity index (χ3n) is 1.61. The number of alkyl halides is 3. The summed E-state index contributed by atoms with van der Waals surface area (Å²) in [6.07, 6.45) is -6.80. The molecule has 1 heterocycles. The number of ether oxygens (including phenoxy) is 1. The van der Waals surface area contributed by atoms with E-state index in [-0.39, 0.29) is 0 Å². The van der Waals surface area contributed by atoms with E-state index in [4.69, 9.17) is 0 Å². The summed E-state index contributed by atoms with van der Waals surface area (Å²) in [6, 6.07) is -0.947. The van der Waals surface area contributed by atoms with Crippen LogP contribution >= 0.6 is 0 Å². The predicted octanol–water partition coefficient (Wildman–Crippen LogP) is 1.44. The summed E-state index contributed by atoms with van der Waals surface area (Å²) in [5, 5.41) is 2.08. The van der Waals surface area contributed by atoms with Crippen LogP contribution in [0.1, 0.15) is 13.3 Å². The Morgan fingerprint density at radius 1 is 1.58 bits per heavy atom. The first-order valence-electron chi connectivity index (χ1n) is 3.42. The highest BCUT2D eigenvalue weighted by atomic mass is 19.4. The maximum Gasteiger partial charge on any atom is 0.407 e. The Morgan fingerprint density at radius 3 is 2.50 bits per heavy atom. The lowest BCUT2D eigenvalue weighted by atomic mass is 10.1. The topological polar surface area (TPSA) is 38.3 Å². The molecule has 0 aromatic heterocycles. The van der Waals surface area contributed by atoms with E-state index in [0.29, 0.717) is 0 Å². The maximum atomic E-state index is 11.8. The SMILES string of the molecule is CC1OC(=O)NC1CC(F)(F)F. The van der Waals surface area contributed by atoms with Gasteiger partial charge in [0, 0.05) is 0 Å². The second kappa shape index (κ2) is 2.84. The van der Waals surface area contributed by atoms with Crippen molar-refractivity contribution in [3.8, 4) is 0 Å². The summed E-state index contributed by atoms with van der Waals surface area (Å²) >= 11 is 0. The van der Waals surface area contributed by atoms with E-state index in [1.54, 1.807) is 0 Å². The van der Waals surface area contributed by atoms with E-state index in [0.717, 1.165) is 0 Å². The zero-order valence-electron chi connectivity index (χ0n) is 6.31. The van der Waals surface area contributed by atoms with E-state index in [2.05, 4.69) is 10.1 Å². The van der Waals surface area contributed by atoms with Gasteiger partial charge >= 0.3 is 12.3 Å². The molecule has 2 atom stereocenters. The smallest absolute Gasteiger partial charge is 0.407 e. The Labute approximate surface area is 66.9 Å². The highest BCUT2D eigenvalue weighted by molar-refractivity contribution is 5.70. The van der Waals surface area contributed by atoms with Gasteiger partial charge in [0.05, 0.1) is 12.5 Å². The summed E-state index contributed by atoms with van der Waals surface area (Å²) in [6.45, 7) is 1.42. The van der Waals surface area contributed by atoms with Gasteiger partial charge in [-0.3, -0.25) is 0 Å². The molecule has 1 aliphatic heterocycles. The Kier molecular flexibility index (Phi) is 2.16. The number of rotatable bonds is 1.